The summed E-state index contributed by atoms with van der Waals surface area (Å²) in [4.78, 5) is 30.6. The van der Waals surface area contributed by atoms with Gasteiger partial charge in [-0.25, -0.2) is 0 Å². The van der Waals surface area contributed by atoms with Crippen LogP contribution in [0.3, 0.4) is 0 Å². The van der Waals surface area contributed by atoms with Crippen molar-refractivity contribution in [1.29, 1.82) is 0 Å². The van der Waals surface area contributed by atoms with Gasteiger partial charge >= 0.3 is 5.97 Å². The minimum atomic E-state index is -0.326. The van der Waals surface area contributed by atoms with E-state index in [4.69, 9.17) is 4.74 Å². The lowest BCUT2D eigenvalue weighted by atomic mass is 10.1. The fourth-order valence-corrected chi connectivity index (χ4v) is 3.54. The van der Waals surface area contributed by atoms with E-state index in [9.17, 15) is 9.59 Å². The van der Waals surface area contributed by atoms with Gasteiger partial charge in [0.1, 0.15) is 6.61 Å². The molecule has 0 aromatic carbocycles. The van der Waals surface area contributed by atoms with E-state index in [-0.39, 0.29) is 30.9 Å². The summed E-state index contributed by atoms with van der Waals surface area (Å²) >= 11 is 0. The number of imidazole rings is 1. The summed E-state index contributed by atoms with van der Waals surface area (Å²) in [5.41, 5.74) is 0. The van der Waals surface area contributed by atoms with Crippen molar-refractivity contribution in [1.82, 2.24) is 19.8 Å². The minimum absolute atomic E-state index is 0.0222. The van der Waals surface area contributed by atoms with E-state index in [0.29, 0.717) is 11.7 Å². The Bertz CT molecular complexity index is 619. The van der Waals surface area contributed by atoms with Gasteiger partial charge in [-0.3, -0.25) is 9.59 Å². The fourth-order valence-electron chi connectivity index (χ4n) is 3.54. The molecule has 0 saturated carbocycles. The molecular formula is C18H28N4O4. The second kappa shape index (κ2) is 9.02. The molecule has 1 N–H and O–H groups in total. The highest BCUT2D eigenvalue weighted by atomic mass is 16.5. The van der Waals surface area contributed by atoms with Crippen LogP contribution in [-0.2, 0) is 9.53 Å². The maximum Gasteiger partial charge on any atom is 0.308 e. The first kappa shape index (κ1) is 18.7. The van der Waals surface area contributed by atoms with E-state index in [1.54, 1.807) is 0 Å². The second-order valence-electron chi connectivity index (χ2n) is 6.82. The third-order valence-electron chi connectivity index (χ3n) is 5.03. The van der Waals surface area contributed by atoms with Crippen molar-refractivity contribution in [3.8, 4) is 5.88 Å². The molecule has 2 saturated heterocycles. The van der Waals surface area contributed by atoms with E-state index >= 15 is 0 Å². The lowest BCUT2D eigenvalue weighted by Crippen LogP contribution is -2.38. The van der Waals surface area contributed by atoms with Crippen LogP contribution in [0.1, 0.15) is 55.2 Å². The molecule has 1 aromatic heterocycles. The third-order valence-corrected chi connectivity index (χ3v) is 5.03. The van der Waals surface area contributed by atoms with Gasteiger partial charge in [0.2, 0.25) is 11.7 Å². The molecule has 1 amide bonds. The van der Waals surface area contributed by atoms with Crippen LogP contribution in [0.25, 0.3) is 0 Å². The molecule has 26 heavy (non-hydrogen) atoms. The van der Waals surface area contributed by atoms with Crippen LogP contribution in [0, 0.1) is 0 Å². The molecule has 0 spiro atoms. The average Bonchev–Trinajstić information content (AvgIpc) is 3.12. The number of rotatable bonds is 6. The van der Waals surface area contributed by atoms with Crippen molar-refractivity contribution in [2.45, 2.75) is 44.6 Å². The van der Waals surface area contributed by atoms with Gasteiger partial charge in [-0.2, -0.15) is 4.98 Å². The van der Waals surface area contributed by atoms with Gasteiger partial charge < -0.3 is 24.3 Å². The number of carbonyl (C=O) groups excluding carboxylic acids is 2. The first-order valence-corrected chi connectivity index (χ1v) is 9.47. The zero-order valence-corrected chi connectivity index (χ0v) is 15.4. The number of likely N-dealkylation sites (tertiary alicyclic amines) is 1. The van der Waals surface area contributed by atoms with Crippen LogP contribution >= 0.6 is 0 Å². The lowest BCUT2D eigenvalue weighted by molar-refractivity contribution is -0.141. The summed E-state index contributed by atoms with van der Waals surface area (Å²) in [5, 5.41) is 3.34. The Morgan fingerprint density at radius 3 is 2.65 bits per heavy atom. The molecule has 3 rings (SSSR count). The summed E-state index contributed by atoms with van der Waals surface area (Å²) in [6.07, 6.45) is 7.14. The monoisotopic (exact) mass is 364 g/mol. The number of nitrogens with one attached hydrogen (secondary N) is 1. The Balaban J connectivity index is 1.75. The molecule has 1 aromatic rings. The summed E-state index contributed by atoms with van der Waals surface area (Å²) in [5.74, 6) is 0.498. The number of esters is 1. The van der Waals surface area contributed by atoms with Crippen LogP contribution in [0.2, 0.25) is 0 Å². The minimum Gasteiger partial charge on any atom is -0.476 e. The van der Waals surface area contributed by atoms with E-state index in [2.05, 4.69) is 15.0 Å². The SMILES string of the molecule is COC(=O)CCOc1cn(C2CCNCC2)c(C(=O)N2CCCCC2)n1. The fraction of sp³-hybridized carbons (Fsp3) is 0.722. The predicted octanol–water partition coefficient (Wildman–Crippen LogP) is 1.38. The molecule has 8 nitrogen and oxygen atoms in total. The topological polar surface area (TPSA) is 85.7 Å². The highest BCUT2D eigenvalue weighted by Crippen LogP contribution is 2.25. The highest BCUT2D eigenvalue weighted by molar-refractivity contribution is 5.91. The van der Waals surface area contributed by atoms with Crippen molar-refractivity contribution in [2.24, 2.45) is 0 Å². The van der Waals surface area contributed by atoms with Crippen LogP contribution in [-0.4, -0.2) is 66.2 Å². The zero-order valence-electron chi connectivity index (χ0n) is 15.4. The van der Waals surface area contributed by atoms with Gasteiger partial charge in [0, 0.05) is 19.1 Å². The molecule has 144 valence electrons. The second-order valence-corrected chi connectivity index (χ2v) is 6.82. The van der Waals surface area contributed by atoms with Crippen LogP contribution < -0.4 is 10.1 Å². The van der Waals surface area contributed by atoms with E-state index in [1.807, 2.05) is 15.7 Å². The van der Waals surface area contributed by atoms with Crippen LogP contribution in [0.4, 0.5) is 0 Å². The molecule has 0 unspecified atom stereocenters. The summed E-state index contributed by atoms with van der Waals surface area (Å²) < 4.78 is 12.2. The van der Waals surface area contributed by atoms with Gasteiger partial charge in [-0.1, -0.05) is 0 Å². The Labute approximate surface area is 153 Å². The van der Waals surface area contributed by atoms with Crippen molar-refractivity contribution in [2.75, 3.05) is 39.9 Å². The molecule has 2 aliphatic heterocycles. The van der Waals surface area contributed by atoms with Gasteiger partial charge in [0.15, 0.2) is 0 Å². The van der Waals surface area contributed by atoms with Gasteiger partial charge in [-0.05, 0) is 45.2 Å². The van der Waals surface area contributed by atoms with Crippen LogP contribution in [0.15, 0.2) is 6.20 Å². The Morgan fingerprint density at radius 1 is 1.23 bits per heavy atom. The molecule has 8 heteroatoms. The summed E-state index contributed by atoms with van der Waals surface area (Å²) in [7, 11) is 1.35. The Kier molecular flexibility index (Phi) is 6.49. The van der Waals surface area contributed by atoms with Crippen LogP contribution in [0.5, 0.6) is 5.88 Å². The van der Waals surface area contributed by atoms with Crippen molar-refractivity contribution in [3.63, 3.8) is 0 Å². The number of methoxy groups -OCH3 is 1. The third kappa shape index (κ3) is 4.55. The number of hydrogen-bond acceptors (Lipinski definition) is 6. The number of ether oxygens (including phenoxy) is 2. The van der Waals surface area contributed by atoms with Gasteiger partial charge in [-0.15, -0.1) is 0 Å². The lowest BCUT2D eigenvalue weighted by Gasteiger charge is -2.29. The van der Waals surface area contributed by atoms with Crippen molar-refractivity contribution < 1.29 is 19.1 Å². The first-order valence-electron chi connectivity index (χ1n) is 9.47. The maximum atomic E-state index is 13.0. The van der Waals surface area contributed by atoms with Crippen molar-refractivity contribution in [3.05, 3.63) is 12.0 Å². The summed E-state index contributed by atoms with van der Waals surface area (Å²) in [6.45, 7) is 3.62. The highest BCUT2D eigenvalue weighted by Gasteiger charge is 2.27. The zero-order chi connectivity index (χ0) is 18.4. The average molecular weight is 364 g/mol. The molecule has 0 bridgehead atoms. The van der Waals surface area contributed by atoms with E-state index in [0.717, 1.165) is 51.9 Å². The number of hydrogen-bond donors (Lipinski definition) is 1. The molecule has 0 atom stereocenters. The number of nitrogens with zero attached hydrogens (tertiary/aromatic N) is 3. The Hall–Kier alpha value is -2.09. The smallest absolute Gasteiger partial charge is 0.308 e. The van der Waals surface area contributed by atoms with Crippen molar-refractivity contribution >= 4 is 11.9 Å². The molecular weight excluding hydrogens is 336 g/mol. The molecule has 3 heterocycles. The van der Waals surface area contributed by atoms with E-state index < -0.39 is 0 Å². The number of amides is 1. The Morgan fingerprint density at radius 2 is 1.96 bits per heavy atom. The maximum absolute atomic E-state index is 13.0. The number of carbonyl (C=O) groups is 2. The van der Waals surface area contributed by atoms with Gasteiger partial charge in [0.25, 0.3) is 5.91 Å². The first-order chi connectivity index (χ1) is 12.7. The molecule has 2 aliphatic rings. The molecule has 0 aliphatic carbocycles. The summed E-state index contributed by atoms with van der Waals surface area (Å²) in [6, 6.07) is 0.241. The molecule has 0 radical (unpaired) electrons. The number of piperidine rings is 2. The standard InChI is InChI=1S/C18H28N4O4/c1-25-16(23)7-12-26-15-13-22(14-5-8-19-9-6-14)17(20-15)18(24)21-10-3-2-4-11-21/h13-14,19H,2-12H2,1H3. The molecule has 2 fully saturated rings. The number of aromatic nitrogens is 2. The largest absolute Gasteiger partial charge is 0.476 e. The quantitative estimate of drug-likeness (QED) is 0.768. The van der Waals surface area contributed by atoms with E-state index in [1.165, 1.54) is 13.5 Å². The normalized spacial score (nSPS) is 18.6. The predicted molar refractivity (Wildman–Crippen MR) is 95.3 cm³/mol. The van der Waals surface area contributed by atoms with Gasteiger partial charge in [0.05, 0.1) is 19.7 Å².